The van der Waals surface area contributed by atoms with E-state index < -0.39 is 0 Å². The molecule has 0 amide bonds. The average Bonchev–Trinajstić information content (AvgIpc) is 2.53. The van der Waals surface area contributed by atoms with E-state index in [4.69, 9.17) is 4.98 Å². The minimum absolute atomic E-state index is 0.919. The SMILES string of the molecule is CCCNc1cc(-c2cccc(CC)c2)nc(CCC)n1. The summed E-state index contributed by atoms with van der Waals surface area (Å²) in [6.07, 6.45) is 4.11. The summed E-state index contributed by atoms with van der Waals surface area (Å²) in [4.78, 5) is 9.33. The summed E-state index contributed by atoms with van der Waals surface area (Å²) in [7, 11) is 0. The number of rotatable bonds is 7. The minimum atomic E-state index is 0.919. The quantitative estimate of drug-likeness (QED) is 0.814. The van der Waals surface area contributed by atoms with E-state index in [0.29, 0.717) is 0 Å². The molecule has 0 unspecified atom stereocenters. The van der Waals surface area contributed by atoms with Gasteiger partial charge in [0.25, 0.3) is 0 Å². The van der Waals surface area contributed by atoms with Gasteiger partial charge in [0.15, 0.2) is 0 Å². The second-order valence-electron chi connectivity index (χ2n) is 5.29. The zero-order chi connectivity index (χ0) is 15.1. The van der Waals surface area contributed by atoms with E-state index in [1.54, 1.807) is 0 Å². The first kappa shape index (κ1) is 15.5. The van der Waals surface area contributed by atoms with Crippen LogP contribution in [0, 0.1) is 0 Å². The number of hydrogen-bond donors (Lipinski definition) is 1. The molecule has 0 saturated heterocycles. The van der Waals surface area contributed by atoms with Crippen LogP contribution in [-0.2, 0) is 12.8 Å². The van der Waals surface area contributed by atoms with Gasteiger partial charge >= 0.3 is 0 Å². The Balaban J connectivity index is 2.37. The third-order valence-electron chi connectivity index (χ3n) is 3.43. The lowest BCUT2D eigenvalue weighted by molar-refractivity contribution is 0.834. The molecule has 0 fully saturated rings. The minimum Gasteiger partial charge on any atom is -0.370 e. The molecule has 0 atom stereocenters. The van der Waals surface area contributed by atoms with Crippen LogP contribution in [0.2, 0.25) is 0 Å². The van der Waals surface area contributed by atoms with E-state index in [1.807, 2.05) is 0 Å². The van der Waals surface area contributed by atoms with Crippen LogP contribution < -0.4 is 5.32 Å². The maximum Gasteiger partial charge on any atom is 0.131 e. The van der Waals surface area contributed by atoms with E-state index in [-0.39, 0.29) is 0 Å². The third-order valence-corrected chi connectivity index (χ3v) is 3.43. The number of anilines is 1. The second-order valence-corrected chi connectivity index (χ2v) is 5.29. The summed E-state index contributed by atoms with van der Waals surface area (Å²) in [5.74, 6) is 1.86. The molecule has 0 bridgehead atoms. The van der Waals surface area contributed by atoms with Crippen LogP contribution in [0.4, 0.5) is 5.82 Å². The molecule has 1 aromatic heterocycles. The number of benzene rings is 1. The predicted octanol–water partition coefficient (Wildman–Crippen LogP) is 4.48. The topological polar surface area (TPSA) is 37.8 Å². The fourth-order valence-corrected chi connectivity index (χ4v) is 2.27. The summed E-state index contributed by atoms with van der Waals surface area (Å²) in [5, 5.41) is 3.38. The summed E-state index contributed by atoms with van der Waals surface area (Å²) in [6, 6.07) is 10.7. The van der Waals surface area contributed by atoms with Crippen molar-refractivity contribution in [2.24, 2.45) is 0 Å². The number of aromatic nitrogens is 2. The molecule has 0 radical (unpaired) electrons. The van der Waals surface area contributed by atoms with Crippen molar-refractivity contribution in [2.45, 2.75) is 46.5 Å². The van der Waals surface area contributed by atoms with Crippen LogP contribution in [-0.4, -0.2) is 16.5 Å². The lowest BCUT2D eigenvalue weighted by atomic mass is 10.1. The monoisotopic (exact) mass is 283 g/mol. The van der Waals surface area contributed by atoms with Gasteiger partial charge in [-0.05, 0) is 30.9 Å². The first-order chi connectivity index (χ1) is 10.3. The van der Waals surface area contributed by atoms with Crippen LogP contribution in [0.3, 0.4) is 0 Å². The molecule has 2 aromatic rings. The molecule has 0 saturated carbocycles. The Morgan fingerprint density at radius 1 is 1.00 bits per heavy atom. The van der Waals surface area contributed by atoms with Crippen molar-refractivity contribution in [1.29, 1.82) is 0 Å². The number of hydrogen-bond acceptors (Lipinski definition) is 3. The van der Waals surface area contributed by atoms with Gasteiger partial charge in [-0.2, -0.15) is 0 Å². The second kappa shape index (κ2) is 7.77. The summed E-state index contributed by atoms with van der Waals surface area (Å²) < 4.78 is 0. The van der Waals surface area contributed by atoms with Crippen molar-refractivity contribution >= 4 is 5.82 Å². The molecule has 0 aliphatic rings. The Labute approximate surface area is 127 Å². The molecule has 0 spiro atoms. The zero-order valence-corrected chi connectivity index (χ0v) is 13.3. The van der Waals surface area contributed by atoms with Gasteiger partial charge in [0.2, 0.25) is 0 Å². The molecule has 0 aliphatic carbocycles. The molecular formula is C18H25N3. The summed E-state index contributed by atoms with van der Waals surface area (Å²) >= 11 is 0. The fraction of sp³-hybridized carbons (Fsp3) is 0.444. The Morgan fingerprint density at radius 2 is 1.86 bits per heavy atom. The van der Waals surface area contributed by atoms with Gasteiger partial charge in [0, 0.05) is 24.6 Å². The zero-order valence-electron chi connectivity index (χ0n) is 13.3. The van der Waals surface area contributed by atoms with Gasteiger partial charge in [-0.25, -0.2) is 9.97 Å². The Bertz CT molecular complexity index is 578. The van der Waals surface area contributed by atoms with E-state index >= 15 is 0 Å². The predicted molar refractivity (Wildman–Crippen MR) is 89.6 cm³/mol. The van der Waals surface area contributed by atoms with Crippen molar-refractivity contribution in [3.05, 3.63) is 41.7 Å². The number of nitrogens with zero attached hydrogens (tertiary/aromatic N) is 2. The summed E-state index contributed by atoms with van der Waals surface area (Å²) in [6.45, 7) is 7.44. The Hall–Kier alpha value is -1.90. The highest BCUT2D eigenvalue weighted by Gasteiger charge is 2.07. The number of nitrogens with one attached hydrogen (secondary N) is 1. The largest absolute Gasteiger partial charge is 0.370 e. The first-order valence-electron chi connectivity index (χ1n) is 7.98. The highest BCUT2D eigenvalue weighted by Crippen LogP contribution is 2.22. The van der Waals surface area contributed by atoms with Gasteiger partial charge < -0.3 is 5.32 Å². The molecule has 0 aliphatic heterocycles. The standard InChI is InChI=1S/C18H25N3/c1-4-8-17-20-16(13-18(21-17)19-11-5-2)15-10-7-9-14(6-3)12-15/h7,9-10,12-13H,4-6,8,11H2,1-3H3,(H,19,20,21). The van der Waals surface area contributed by atoms with Crippen molar-refractivity contribution in [1.82, 2.24) is 9.97 Å². The van der Waals surface area contributed by atoms with Crippen LogP contribution in [0.25, 0.3) is 11.3 Å². The molecule has 1 N–H and O–H groups in total. The van der Waals surface area contributed by atoms with Gasteiger partial charge in [0.05, 0.1) is 5.69 Å². The molecule has 3 heteroatoms. The lowest BCUT2D eigenvalue weighted by Crippen LogP contribution is -2.06. The van der Waals surface area contributed by atoms with Gasteiger partial charge in [0.1, 0.15) is 11.6 Å². The molecule has 112 valence electrons. The lowest BCUT2D eigenvalue weighted by Gasteiger charge is -2.10. The molecule has 21 heavy (non-hydrogen) atoms. The fourth-order valence-electron chi connectivity index (χ4n) is 2.27. The van der Waals surface area contributed by atoms with Crippen LogP contribution in [0.5, 0.6) is 0 Å². The smallest absolute Gasteiger partial charge is 0.131 e. The van der Waals surface area contributed by atoms with E-state index in [1.165, 1.54) is 11.1 Å². The number of aryl methyl sites for hydroxylation is 2. The molecule has 3 nitrogen and oxygen atoms in total. The van der Waals surface area contributed by atoms with Crippen LogP contribution in [0.15, 0.2) is 30.3 Å². The molecule has 1 heterocycles. The maximum absolute atomic E-state index is 4.73. The highest BCUT2D eigenvalue weighted by atomic mass is 15.0. The normalized spacial score (nSPS) is 10.6. The van der Waals surface area contributed by atoms with Crippen LogP contribution >= 0.6 is 0 Å². The third kappa shape index (κ3) is 4.28. The van der Waals surface area contributed by atoms with E-state index in [2.05, 4.69) is 61.4 Å². The van der Waals surface area contributed by atoms with Gasteiger partial charge in [-0.3, -0.25) is 0 Å². The highest BCUT2D eigenvalue weighted by molar-refractivity contribution is 5.63. The summed E-state index contributed by atoms with van der Waals surface area (Å²) in [5.41, 5.74) is 3.53. The van der Waals surface area contributed by atoms with Crippen LogP contribution in [0.1, 0.15) is 45.0 Å². The van der Waals surface area contributed by atoms with Crippen molar-refractivity contribution in [2.75, 3.05) is 11.9 Å². The van der Waals surface area contributed by atoms with Crippen molar-refractivity contribution in [3.8, 4) is 11.3 Å². The maximum atomic E-state index is 4.73. The average molecular weight is 283 g/mol. The van der Waals surface area contributed by atoms with Crippen molar-refractivity contribution < 1.29 is 0 Å². The molecule has 1 aromatic carbocycles. The Morgan fingerprint density at radius 3 is 2.57 bits per heavy atom. The van der Waals surface area contributed by atoms with E-state index in [0.717, 1.165) is 49.6 Å². The molecular weight excluding hydrogens is 258 g/mol. The first-order valence-corrected chi connectivity index (χ1v) is 7.98. The van der Waals surface area contributed by atoms with E-state index in [9.17, 15) is 0 Å². The van der Waals surface area contributed by atoms with Gasteiger partial charge in [-0.15, -0.1) is 0 Å². The van der Waals surface area contributed by atoms with Gasteiger partial charge in [-0.1, -0.05) is 39.0 Å². The Kier molecular flexibility index (Phi) is 5.73. The molecule has 2 rings (SSSR count). The van der Waals surface area contributed by atoms with Crippen molar-refractivity contribution in [3.63, 3.8) is 0 Å².